The van der Waals surface area contributed by atoms with Crippen LogP contribution in [0.15, 0.2) is 0 Å². The summed E-state index contributed by atoms with van der Waals surface area (Å²) in [7, 11) is -8.16. The number of rotatable bonds is 24. The Balaban J connectivity index is -0.000000608. The second-order valence-electron chi connectivity index (χ2n) is 10.3. The second kappa shape index (κ2) is 28.9. The zero-order chi connectivity index (χ0) is 27.7. The molecule has 2 unspecified atom stereocenters. The molecule has 0 saturated heterocycles. The van der Waals surface area contributed by atoms with Crippen LogP contribution in [0.5, 0.6) is 0 Å². The van der Waals surface area contributed by atoms with Crippen LogP contribution < -0.4 is 0 Å². The molecule has 0 rings (SSSR count). The number of unbranched alkanes of at least 4 members (excludes halogenated alkanes) is 14. The summed E-state index contributed by atoms with van der Waals surface area (Å²) in [4.78, 5) is 0. The molecule has 0 fully saturated rings. The Morgan fingerprint density at radius 3 is 0.865 bits per heavy atom. The normalized spacial score (nSPS) is 13.4. The van der Waals surface area contributed by atoms with Gasteiger partial charge in [0.2, 0.25) is 0 Å². The van der Waals surface area contributed by atoms with Crippen molar-refractivity contribution in [2.75, 3.05) is 0 Å². The van der Waals surface area contributed by atoms with Crippen LogP contribution in [-0.4, -0.2) is 85.3 Å². The Morgan fingerprint density at radius 2 is 0.649 bits per heavy atom. The quantitative estimate of drug-likeness (QED) is 0.0574. The fraction of sp³-hybridized carbons (Fsp3) is 1.00. The third-order valence-electron chi connectivity index (χ3n) is 6.80. The molecule has 0 aliphatic heterocycles. The fourth-order valence-corrected chi connectivity index (χ4v) is 6.48. The summed E-state index contributed by atoms with van der Waals surface area (Å²) in [6.07, 6.45) is 22.7. The van der Waals surface area contributed by atoms with E-state index in [1.165, 1.54) is 77.0 Å². The van der Waals surface area contributed by atoms with E-state index >= 15 is 0 Å². The van der Waals surface area contributed by atoms with Gasteiger partial charge in [0, 0.05) is 10.5 Å². The van der Waals surface area contributed by atoms with Crippen molar-refractivity contribution in [2.24, 2.45) is 0 Å². The zero-order valence-corrected chi connectivity index (χ0v) is 30.8. The van der Waals surface area contributed by atoms with Gasteiger partial charge in [-0.05, 0) is 25.7 Å². The maximum atomic E-state index is 11.0. The predicted molar refractivity (Wildman–Crippen MR) is 157 cm³/mol. The minimum Gasteiger partial charge on any atom is -0.748 e. The number of hydrogen-bond acceptors (Lipinski definition) is 6. The van der Waals surface area contributed by atoms with Gasteiger partial charge in [-0.3, -0.25) is 0 Å². The van der Waals surface area contributed by atoms with Gasteiger partial charge in [0.05, 0.1) is 20.2 Å². The first-order chi connectivity index (χ1) is 17.0. The Bertz CT molecular complexity index is 610. The molecular weight excluding hydrogens is 634 g/mol. The maximum absolute atomic E-state index is 11.0. The van der Waals surface area contributed by atoms with Crippen LogP contribution in [0.3, 0.4) is 0 Å². The summed E-state index contributed by atoms with van der Waals surface area (Å²) in [6.45, 7) is 8.26. The molecule has 0 heterocycles. The molecular formula is C28H58BaO6S2. The first-order valence-corrected chi connectivity index (χ1v) is 17.9. The molecule has 0 radical (unpaired) electrons. The van der Waals surface area contributed by atoms with Crippen molar-refractivity contribution in [3.63, 3.8) is 0 Å². The van der Waals surface area contributed by atoms with Crippen LogP contribution in [0.2, 0.25) is 0 Å². The number of hydrogen-bond donors (Lipinski definition) is 0. The van der Waals surface area contributed by atoms with Crippen LogP contribution in [0.1, 0.15) is 169 Å². The third kappa shape index (κ3) is 30.2. The van der Waals surface area contributed by atoms with Gasteiger partial charge in [-0.2, -0.15) is 0 Å². The molecule has 0 aromatic carbocycles. The molecule has 9 heteroatoms. The van der Waals surface area contributed by atoms with Crippen LogP contribution in [-0.2, 0) is 20.2 Å². The van der Waals surface area contributed by atoms with E-state index in [0.29, 0.717) is 25.7 Å². The second-order valence-corrected chi connectivity index (χ2v) is 13.6. The van der Waals surface area contributed by atoms with E-state index in [-0.39, 0.29) is 48.9 Å². The van der Waals surface area contributed by atoms with Crippen LogP contribution in [0.25, 0.3) is 0 Å². The van der Waals surface area contributed by atoms with E-state index in [1.807, 2.05) is 13.8 Å². The average Bonchev–Trinajstić information content (AvgIpc) is 2.80. The minimum absolute atomic E-state index is 0. The molecule has 0 amide bonds. The molecule has 0 aliphatic carbocycles. The zero-order valence-electron chi connectivity index (χ0n) is 24.7. The van der Waals surface area contributed by atoms with E-state index in [2.05, 4.69) is 13.8 Å². The third-order valence-corrected chi connectivity index (χ3v) is 9.37. The summed E-state index contributed by atoms with van der Waals surface area (Å²) in [5.41, 5.74) is 0. The van der Waals surface area contributed by atoms with Crippen LogP contribution >= 0.6 is 0 Å². The molecule has 0 aromatic heterocycles. The molecule has 6 nitrogen and oxygen atoms in total. The molecule has 0 saturated carbocycles. The first-order valence-electron chi connectivity index (χ1n) is 14.9. The van der Waals surface area contributed by atoms with E-state index in [9.17, 15) is 25.9 Å². The molecule has 0 aliphatic rings. The van der Waals surface area contributed by atoms with Gasteiger partial charge in [-0.1, -0.05) is 143 Å². The summed E-state index contributed by atoms with van der Waals surface area (Å²) < 4.78 is 66.0. The van der Waals surface area contributed by atoms with Crippen molar-refractivity contribution >= 4 is 69.1 Å². The van der Waals surface area contributed by atoms with Gasteiger partial charge in [0.25, 0.3) is 0 Å². The molecule has 37 heavy (non-hydrogen) atoms. The van der Waals surface area contributed by atoms with E-state index in [0.717, 1.165) is 38.5 Å². The van der Waals surface area contributed by atoms with Crippen molar-refractivity contribution in [2.45, 2.75) is 179 Å². The summed E-state index contributed by atoms with van der Waals surface area (Å²) in [5, 5.41) is -1.30. The van der Waals surface area contributed by atoms with E-state index in [4.69, 9.17) is 0 Å². The van der Waals surface area contributed by atoms with Crippen LogP contribution in [0.4, 0.5) is 0 Å². The van der Waals surface area contributed by atoms with E-state index in [1.54, 1.807) is 0 Å². The molecule has 0 N–H and O–H groups in total. The molecule has 0 bridgehead atoms. The van der Waals surface area contributed by atoms with Gasteiger partial charge in [0.1, 0.15) is 0 Å². The van der Waals surface area contributed by atoms with Gasteiger partial charge < -0.3 is 9.11 Å². The Labute approximate surface area is 271 Å². The topological polar surface area (TPSA) is 114 Å². The van der Waals surface area contributed by atoms with Crippen LogP contribution in [0, 0.1) is 0 Å². The molecule has 0 spiro atoms. The van der Waals surface area contributed by atoms with Crippen molar-refractivity contribution in [3.8, 4) is 0 Å². The molecule has 2 atom stereocenters. The smallest absolute Gasteiger partial charge is 0.748 e. The van der Waals surface area contributed by atoms with Gasteiger partial charge in [-0.25, -0.2) is 16.8 Å². The average molecular weight is 692 g/mol. The first kappa shape index (κ1) is 42.9. The van der Waals surface area contributed by atoms with Crippen molar-refractivity contribution in [1.29, 1.82) is 0 Å². The largest absolute Gasteiger partial charge is 2.00 e. The molecule has 0 aromatic rings. The Morgan fingerprint density at radius 1 is 0.405 bits per heavy atom. The molecule has 220 valence electrons. The van der Waals surface area contributed by atoms with Crippen molar-refractivity contribution in [3.05, 3.63) is 0 Å². The van der Waals surface area contributed by atoms with Gasteiger partial charge in [0.15, 0.2) is 0 Å². The Hall–Kier alpha value is 1.39. The van der Waals surface area contributed by atoms with Gasteiger partial charge in [-0.15, -0.1) is 0 Å². The fourth-order valence-electron chi connectivity index (χ4n) is 4.52. The predicted octanol–water partition coefficient (Wildman–Crippen LogP) is 8.08. The standard InChI is InChI=1S/2C14H30O3S.Ba/c2*1-3-5-6-7-8-9-10-11-13-14(12-4-2)18(15,16)17;/h2*14H,3-13H2,1-2H3,(H,15,16,17);/q;;+2/p-2. The van der Waals surface area contributed by atoms with Crippen molar-refractivity contribution < 1.29 is 25.9 Å². The maximum Gasteiger partial charge on any atom is 2.00 e. The monoisotopic (exact) mass is 692 g/mol. The minimum atomic E-state index is -4.08. The SMILES string of the molecule is CCCCCCCCCCC(CCC)S(=O)(=O)[O-].CCCCCCCCCCC(CCC)S(=O)(=O)[O-].[Ba+2]. The van der Waals surface area contributed by atoms with Crippen molar-refractivity contribution in [1.82, 2.24) is 0 Å². The summed E-state index contributed by atoms with van der Waals surface area (Å²) in [6, 6.07) is 0. The summed E-state index contributed by atoms with van der Waals surface area (Å²) >= 11 is 0. The summed E-state index contributed by atoms with van der Waals surface area (Å²) in [5.74, 6) is 0. The van der Waals surface area contributed by atoms with E-state index < -0.39 is 30.7 Å². The van der Waals surface area contributed by atoms with Gasteiger partial charge >= 0.3 is 48.9 Å². The Kier molecular flexibility index (Phi) is 33.5.